The van der Waals surface area contributed by atoms with Gasteiger partial charge in [0.2, 0.25) is 0 Å². The van der Waals surface area contributed by atoms with Crippen molar-refractivity contribution in [3.05, 3.63) is 83.9 Å². The Kier molecular flexibility index (Phi) is 4.72. The van der Waals surface area contributed by atoms with E-state index in [1.165, 1.54) is 16.9 Å². The first-order chi connectivity index (χ1) is 14.7. The molecule has 5 aromatic rings. The van der Waals surface area contributed by atoms with Crippen LogP contribution in [0.3, 0.4) is 0 Å². The monoisotopic (exact) mass is 413 g/mol. The molecule has 0 aliphatic rings. The summed E-state index contributed by atoms with van der Waals surface area (Å²) in [5.74, 6) is -0.0784. The van der Waals surface area contributed by atoms with E-state index >= 15 is 0 Å². The number of fused-ring (bicyclic) bond motifs is 2. The molecule has 0 saturated heterocycles. The number of thiazole rings is 1. The zero-order valence-electron chi connectivity index (χ0n) is 16.4. The summed E-state index contributed by atoms with van der Waals surface area (Å²) in [5.41, 5.74) is 4.73. The molecule has 0 unspecified atom stereocenters. The van der Waals surface area contributed by atoms with Gasteiger partial charge < -0.3 is 0 Å². The Balaban J connectivity index is 1.51. The first kappa shape index (κ1) is 18.4. The predicted octanol–water partition coefficient (Wildman–Crippen LogP) is 4.58. The van der Waals surface area contributed by atoms with Crippen molar-refractivity contribution < 1.29 is 4.79 Å². The van der Waals surface area contributed by atoms with Crippen LogP contribution in [0.5, 0.6) is 0 Å². The van der Waals surface area contributed by atoms with Gasteiger partial charge in [0.25, 0.3) is 5.91 Å². The molecule has 148 valence electrons. The molecule has 3 aromatic carbocycles. The molecule has 0 radical (unpaired) electrons. The lowest BCUT2D eigenvalue weighted by Gasteiger charge is -2.20. The summed E-state index contributed by atoms with van der Waals surface area (Å²) in [6.45, 7) is 2.61. The fraction of sp³-hybridized carbons (Fsp3) is 0.130. The Morgan fingerprint density at radius 3 is 2.67 bits per heavy atom. The lowest BCUT2D eigenvalue weighted by molar-refractivity contribution is -0.119. The number of benzene rings is 3. The van der Waals surface area contributed by atoms with Gasteiger partial charge >= 0.3 is 0 Å². The number of carbonyl (C=O) groups is 1. The zero-order valence-corrected chi connectivity index (χ0v) is 17.2. The maximum Gasteiger partial charge on any atom is 0.250 e. The highest BCUT2D eigenvalue weighted by atomic mass is 32.1. The van der Waals surface area contributed by atoms with Crippen LogP contribution in [0.25, 0.3) is 21.3 Å². The number of carbonyl (C=O) groups excluding carboxylic acids is 1. The van der Waals surface area contributed by atoms with Crippen LogP contribution in [0.4, 0.5) is 5.13 Å². The summed E-state index contributed by atoms with van der Waals surface area (Å²) in [6, 6.07) is 23.7. The normalized spacial score (nSPS) is 11.2. The first-order valence-corrected chi connectivity index (χ1v) is 10.5. The number of nitrogens with zero attached hydrogens (tertiary/aromatic N) is 5. The number of anilines is 1. The molecule has 7 heteroatoms. The first-order valence-electron chi connectivity index (χ1n) is 9.67. The Bertz CT molecular complexity index is 1340. The lowest BCUT2D eigenvalue weighted by Crippen LogP contribution is -2.33. The van der Waals surface area contributed by atoms with Gasteiger partial charge in [0, 0.05) is 0 Å². The maximum absolute atomic E-state index is 13.4. The number of hydrogen-bond acceptors (Lipinski definition) is 5. The lowest BCUT2D eigenvalue weighted by atomic mass is 10.2. The van der Waals surface area contributed by atoms with E-state index in [9.17, 15) is 4.79 Å². The van der Waals surface area contributed by atoms with E-state index in [1.54, 1.807) is 9.58 Å². The Morgan fingerprint density at radius 2 is 1.80 bits per heavy atom. The van der Waals surface area contributed by atoms with Crippen molar-refractivity contribution >= 4 is 43.6 Å². The Hall–Kier alpha value is -3.58. The summed E-state index contributed by atoms with van der Waals surface area (Å²) in [4.78, 5) is 19.9. The minimum absolute atomic E-state index is 0.0784. The highest BCUT2D eigenvalue weighted by Gasteiger charge is 2.22. The van der Waals surface area contributed by atoms with E-state index in [-0.39, 0.29) is 12.5 Å². The maximum atomic E-state index is 13.4. The van der Waals surface area contributed by atoms with Crippen molar-refractivity contribution in [3.63, 3.8) is 0 Å². The van der Waals surface area contributed by atoms with Crippen LogP contribution in [-0.2, 0) is 17.9 Å². The second-order valence-corrected chi connectivity index (χ2v) is 8.18. The summed E-state index contributed by atoms with van der Waals surface area (Å²) in [5, 5.41) is 9.03. The SMILES string of the molecule is Cc1ccc2nc(N(Cc3ccccc3)C(=O)Cn3nnc4ccccc43)sc2c1. The van der Waals surface area contributed by atoms with Gasteiger partial charge in [-0.3, -0.25) is 9.69 Å². The van der Waals surface area contributed by atoms with Crippen LogP contribution in [0.2, 0.25) is 0 Å². The van der Waals surface area contributed by atoms with Gasteiger partial charge in [-0.1, -0.05) is 65.1 Å². The van der Waals surface area contributed by atoms with Crippen molar-refractivity contribution in [2.75, 3.05) is 4.90 Å². The van der Waals surface area contributed by atoms with Crippen molar-refractivity contribution in [2.24, 2.45) is 0 Å². The summed E-state index contributed by atoms with van der Waals surface area (Å²) in [7, 11) is 0. The predicted molar refractivity (Wildman–Crippen MR) is 120 cm³/mol. The molecule has 0 atom stereocenters. The highest BCUT2D eigenvalue weighted by Crippen LogP contribution is 2.31. The van der Waals surface area contributed by atoms with Crippen molar-refractivity contribution in [1.82, 2.24) is 20.0 Å². The van der Waals surface area contributed by atoms with Crippen LogP contribution in [0.1, 0.15) is 11.1 Å². The minimum Gasteiger partial charge on any atom is -0.282 e. The second kappa shape index (κ2) is 7.68. The van der Waals surface area contributed by atoms with Crippen LogP contribution in [0.15, 0.2) is 72.8 Å². The average molecular weight is 414 g/mol. The molecular formula is C23H19N5OS. The van der Waals surface area contributed by atoms with Gasteiger partial charge in [-0.15, -0.1) is 5.10 Å². The van der Waals surface area contributed by atoms with Crippen LogP contribution >= 0.6 is 11.3 Å². The third kappa shape index (κ3) is 3.55. The Morgan fingerprint density at radius 1 is 1.00 bits per heavy atom. The van der Waals surface area contributed by atoms with Crippen molar-refractivity contribution in [2.45, 2.75) is 20.0 Å². The smallest absolute Gasteiger partial charge is 0.250 e. The van der Waals surface area contributed by atoms with E-state index in [2.05, 4.69) is 23.3 Å². The molecule has 1 amide bonds. The molecule has 0 fully saturated rings. The number of aromatic nitrogens is 4. The number of para-hydroxylation sites is 1. The van der Waals surface area contributed by atoms with Crippen molar-refractivity contribution in [1.29, 1.82) is 0 Å². The molecule has 0 N–H and O–H groups in total. The molecule has 6 nitrogen and oxygen atoms in total. The van der Waals surface area contributed by atoms with Crippen molar-refractivity contribution in [3.8, 4) is 0 Å². The highest BCUT2D eigenvalue weighted by molar-refractivity contribution is 7.22. The van der Waals surface area contributed by atoms with Crippen LogP contribution in [-0.4, -0.2) is 25.9 Å². The molecule has 0 aliphatic heterocycles. The van der Waals surface area contributed by atoms with E-state index in [1.807, 2.05) is 66.7 Å². The average Bonchev–Trinajstić information content (AvgIpc) is 3.36. The summed E-state index contributed by atoms with van der Waals surface area (Å²) in [6.07, 6.45) is 0. The van der Waals surface area contributed by atoms with Gasteiger partial charge in [-0.2, -0.15) is 0 Å². The standard InChI is InChI=1S/C23H19N5OS/c1-16-11-12-19-21(13-16)30-23(24-19)27(14-17-7-3-2-4-8-17)22(29)15-28-20-10-6-5-9-18(20)25-26-28/h2-13H,14-15H2,1H3. The largest absolute Gasteiger partial charge is 0.282 e. The van der Waals surface area contributed by atoms with E-state index < -0.39 is 0 Å². The van der Waals surface area contributed by atoms with E-state index in [4.69, 9.17) is 4.98 Å². The molecular weight excluding hydrogens is 394 g/mol. The summed E-state index contributed by atoms with van der Waals surface area (Å²) >= 11 is 1.53. The number of amides is 1. The zero-order chi connectivity index (χ0) is 20.5. The molecule has 30 heavy (non-hydrogen) atoms. The van der Waals surface area contributed by atoms with E-state index in [0.717, 1.165) is 26.8 Å². The summed E-state index contributed by atoms with van der Waals surface area (Å²) < 4.78 is 2.72. The third-order valence-electron chi connectivity index (χ3n) is 4.95. The van der Waals surface area contributed by atoms with E-state index in [0.29, 0.717) is 11.7 Å². The molecule has 0 spiro atoms. The second-order valence-electron chi connectivity index (χ2n) is 7.17. The third-order valence-corrected chi connectivity index (χ3v) is 5.99. The van der Waals surface area contributed by atoms with Gasteiger partial charge in [0.15, 0.2) is 5.13 Å². The van der Waals surface area contributed by atoms with Crippen LogP contribution in [0, 0.1) is 6.92 Å². The quantitative estimate of drug-likeness (QED) is 0.423. The van der Waals surface area contributed by atoms with Gasteiger partial charge in [0.05, 0.1) is 22.3 Å². The number of rotatable bonds is 5. The minimum atomic E-state index is -0.0784. The molecule has 2 heterocycles. The topological polar surface area (TPSA) is 63.9 Å². The number of hydrogen-bond donors (Lipinski definition) is 0. The van der Waals surface area contributed by atoms with Gasteiger partial charge in [0.1, 0.15) is 12.1 Å². The molecule has 0 saturated carbocycles. The fourth-order valence-electron chi connectivity index (χ4n) is 3.41. The molecule has 0 aliphatic carbocycles. The number of aryl methyl sites for hydroxylation is 1. The molecule has 5 rings (SSSR count). The van der Waals surface area contributed by atoms with Gasteiger partial charge in [-0.25, -0.2) is 9.67 Å². The molecule has 0 bridgehead atoms. The van der Waals surface area contributed by atoms with Crippen LogP contribution < -0.4 is 4.90 Å². The molecule has 2 aromatic heterocycles. The fourth-order valence-corrected chi connectivity index (χ4v) is 4.49. The van der Waals surface area contributed by atoms with Gasteiger partial charge in [-0.05, 0) is 42.3 Å². The Labute approximate surface area is 177 Å².